The number of nitrogens with one attached hydrogen (secondary N) is 2. The summed E-state index contributed by atoms with van der Waals surface area (Å²) in [5, 5.41) is 5.90. The maximum atomic E-state index is 12.8. The van der Waals surface area contributed by atoms with Gasteiger partial charge in [-0.1, -0.05) is 12.1 Å². The van der Waals surface area contributed by atoms with E-state index in [1.807, 2.05) is 20.8 Å². The van der Waals surface area contributed by atoms with Crippen molar-refractivity contribution in [2.24, 2.45) is 0 Å². The lowest BCUT2D eigenvalue weighted by molar-refractivity contribution is -0.126. The van der Waals surface area contributed by atoms with Gasteiger partial charge in [-0.15, -0.1) is 0 Å². The average Bonchev–Trinajstić information content (AvgIpc) is 2.32. The van der Waals surface area contributed by atoms with E-state index < -0.39 is 5.54 Å². The first kappa shape index (κ1) is 14.6. The van der Waals surface area contributed by atoms with Crippen molar-refractivity contribution in [2.75, 3.05) is 7.05 Å². The van der Waals surface area contributed by atoms with Gasteiger partial charge in [-0.25, -0.2) is 4.39 Å². The molecule has 0 aliphatic rings. The average molecular weight is 252 g/mol. The zero-order valence-electron chi connectivity index (χ0n) is 11.4. The molecule has 1 amide bonds. The summed E-state index contributed by atoms with van der Waals surface area (Å²) in [5.41, 5.74) is 0.420. The van der Waals surface area contributed by atoms with Crippen LogP contribution >= 0.6 is 0 Å². The quantitative estimate of drug-likeness (QED) is 0.840. The normalized spacial score (nSPS) is 13.2. The lowest BCUT2D eigenvalue weighted by atomic mass is 10.0. The third-order valence-electron chi connectivity index (χ3n) is 3.03. The smallest absolute Gasteiger partial charge is 0.239 e. The third kappa shape index (κ3) is 4.11. The largest absolute Gasteiger partial charge is 0.352 e. The summed E-state index contributed by atoms with van der Waals surface area (Å²) in [6.45, 7) is 5.59. The van der Waals surface area contributed by atoms with Crippen molar-refractivity contribution in [2.45, 2.75) is 38.8 Å². The van der Waals surface area contributed by atoms with Crippen LogP contribution in [0.5, 0.6) is 0 Å². The highest BCUT2D eigenvalue weighted by Gasteiger charge is 2.26. The molecule has 0 heterocycles. The van der Waals surface area contributed by atoms with E-state index in [2.05, 4.69) is 10.6 Å². The maximum absolute atomic E-state index is 12.8. The SMILES string of the molecule is CNC(C)(C)C(=O)NC(C)Cc1ccc(F)cc1. The Morgan fingerprint density at radius 3 is 2.39 bits per heavy atom. The summed E-state index contributed by atoms with van der Waals surface area (Å²) in [6.07, 6.45) is 0.686. The van der Waals surface area contributed by atoms with Crippen LogP contribution in [0.1, 0.15) is 26.3 Å². The number of carbonyl (C=O) groups excluding carboxylic acids is 1. The van der Waals surface area contributed by atoms with Crippen LogP contribution in [-0.4, -0.2) is 24.5 Å². The number of likely N-dealkylation sites (N-methyl/N-ethyl adjacent to an activating group) is 1. The molecule has 0 radical (unpaired) electrons. The van der Waals surface area contributed by atoms with E-state index in [4.69, 9.17) is 0 Å². The zero-order valence-corrected chi connectivity index (χ0v) is 11.4. The Morgan fingerprint density at radius 2 is 1.89 bits per heavy atom. The molecule has 1 unspecified atom stereocenters. The van der Waals surface area contributed by atoms with Gasteiger partial charge in [0.25, 0.3) is 0 Å². The van der Waals surface area contributed by atoms with Crippen LogP contribution in [0.3, 0.4) is 0 Å². The Morgan fingerprint density at radius 1 is 1.33 bits per heavy atom. The summed E-state index contributed by atoms with van der Waals surface area (Å²) in [7, 11) is 1.75. The first-order valence-corrected chi connectivity index (χ1v) is 6.09. The van der Waals surface area contributed by atoms with Crippen molar-refractivity contribution in [3.63, 3.8) is 0 Å². The first-order chi connectivity index (χ1) is 8.35. The van der Waals surface area contributed by atoms with E-state index >= 15 is 0 Å². The lowest BCUT2D eigenvalue weighted by Crippen LogP contribution is -2.53. The molecule has 18 heavy (non-hydrogen) atoms. The van der Waals surface area contributed by atoms with Crippen LogP contribution in [0.2, 0.25) is 0 Å². The molecular weight excluding hydrogens is 231 g/mol. The van der Waals surface area contributed by atoms with Crippen LogP contribution < -0.4 is 10.6 Å². The molecule has 1 rings (SSSR count). The highest BCUT2D eigenvalue weighted by Crippen LogP contribution is 2.07. The van der Waals surface area contributed by atoms with Crippen molar-refractivity contribution in [3.05, 3.63) is 35.6 Å². The maximum Gasteiger partial charge on any atom is 0.239 e. The van der Waals surface area contributed by atoms with Crippen LogP contribution in [-0.2, 0) is 11.2 Å². The van der Waals surface area contributed by atoms with Gasteiger partial charge in [-0.2, -0.15) is 0 Å². The number of hydrogen-bond acceptors (Lipinski definition) is 2. The molecule has 0 saturated carbocycles. The van der Waals surface area contributed by atoms with Gasteiger partial charge in [0.1, 0.15) is 5.82 Å². The van der Waals surface area contributed by atoms with Gasteiger partial charge in [0.2, 0.25) is 5.91 Å². The highest BCUT2D eigenvalue weighted by atomic mass is 19.1. The van der Waals surface area contributed by atoms with Crippen molar-refractivity contribution in [1.29, 1.82) is 0 Å². The minimum absolute atomic E-state index is 0.00980. The van der Waals surface area contributed by atoms with Gasteiger partial charge in [0.15, 0.2) is 0 Å². The molecule has 2 N–H and O–H groups in total. The van der Waals surface area contributed by atoms with Crippen LogP contribution in [0.25, 0.3) is 0 Å². The minimum atomic E-state index is -0.586. The molecule has 0 aliphatic carbocycles. The van der Waals surface area contributed by atoms with Crippen LogP contribution in [0.15, 0.2) is 24.3 Å². The number of halogens is 1. The molecule has 0 saturated heterocycles. The first-order valence-electron chi connectivity index (χ1n) is 6.09. The number of amides is 1. The summed E-state index contributed by atoms with van der Waals surface area (Å²) in [5.74, 6) is -0.286. The highest BCUT2D eigenvalue weighted by molar-refractivity contribution is 5.85. The number of hydrogen-bond donors (Lipinski definition) is 2. The number of benzene rings is 1. The molecule has 0 bridgehead atoms. The van der Waals surface area contributed by atoms with Crippen molar-refractivity contribution in [3.8, 4) is 0 Å². The molecule has 1 atom stereocenters. The summed E-state index contributed by atoms with van der Waals surface area (Å²) >= 11 is 0. The lowest BCUT2D eigenvalue weighted by Gasteiger charge is -2.25. The summed E-state index contributed by atoms with van der Waals surface area (Å²) in [6, 6.07) is 6.35. The number of rotatable bonds is 5. The second kappa shape index (κ2) is 5.96. The molecule has 0 spiro atoms. The van der Waals surface area contributed by atoms with Crippen molar-refractivity contribution < 1.29 is 9.18 Å². The Bertz CT molecular complexity index is 401. The third-order valence-corrected chi connectivity index (χ3v) is 3.03. The van der Waals surface area contributed by atoms with Crippen molar-refractivity contribution >= 4 is 5.91 Å². The molecule has 0 fully saturated rings. The topological polar surface area (TPSA) is 41.1 Å². The Hall–Kier alpha value is -1.42. The standard InChI is InChI=1S/C14H21FN2O/c1-10(17-13(18)14(2,3)16-4)9-11-5-7-12(15)8-6-11/h5-8,10,16H,9H2,1-4H3,(H,17,18). The monoisotopic (exact) mass is 252 g/mol. The van der Waals surface area contributed by atoms with Crippen LogP contribution in [0.4, 0.5) is 4.39 Å². The molecule has 3 nitrogen and oxygen atoms in total. The predicted molar refractivity (Wildman–Crippen MR) is 70.8 cm³/mol. The predicted octanol–water partition coefficient (Wildman–Crippen LogP) is 1.87. The van der Waals surface area contributed by atoms with E-state index in [0.29, 0.717) is 6.42 Å². The molecule has 1 aromatic carbocycles. The Kier molecular flexibility index (Phi) is 4.84. The summed E-state index contributed by atoms with van der Waals surface area (Å²) in [4.78, 5) is 11.9. The van der Waals surface area contributed by atoms with Gasteiger partial charge in [0.05, 0.1) is 5.54 Å². The van der Waals surface area contributed by atoms with E-state index in [9.17, 15) is 9.18 Å². The molecular formula is C14H21FN2O. The summed E-state index contributed by atoms with van der Waals surface area (Å²) < 4.78 is 12.8. The second-order valence-corrected chi connectivity index (χ2v) is 5.08. The fourth-order valence-electron chi connectivity index (χ4n) is 1.54. The van der Waals surface area contributed by atoms with Gasteiger partial charge >= 0.3 is 0 Å². The minimum Gasteiger partial charge on any atom is -0.352 e. The van der Waals surface area contributed by atoms with Gasteiger partial charge in [-0.05, 0) is 51.9 Å². The van der Waals surface area contributed by atoms with Gasteiger partial charge in [0, 0.05) is 6.04 Å². The Balaban J connectivity index is 2.54. The molecule has 1 aromatic rings. The number of carbonyl (C=O) groups is 1. The van der Waals surface area contributed by atoms with Crippen LogP contribution in [0, 0.1) is 5.82 Å². The Labute approximate surface area is 108 Å². The van der Waals surface area contributed by atoms with Crippen molar-refractivity contribution in [1.82, 2.24) is 10.6 Å². The van der Waals surface area contributed by atoms with E-state index in [1.165, 1.54) is 12.1 Å². The fourth-order valence-corrected chi connectivity index (χ4v) is 1.54. The van der Waals surface area contributed by atoms with E-state index in [-0.39, 0.29) is 17.8 Å². The van der Waals surface area contributed by atoms with E-state index in [0.717, 1.165) is 5.56 Å². The molecule has 4 heteroatoms. The molecule has 0 aliphatic heterocycles. The molecule has 0 aromatic heterocycles. The van der Waals surface area contributed by atoms with E-state index in [1.54, 1.807) is 19.2 Å². The zero-order chi connectivity index (χ0) is 13.8. The second-order valence-electron chi connectivity index (χ2n) is 5.08. The van der Waals surface area contributed by atoms with Gasteiger partial charge in [-0.3, -0.25) is 4.79 Å². The van der Waals surface area contributed by atoms with Gasteiger partial charge < -0.3 is 10.6 Å². The fraction of sp³-hybridized carbons (Fsp3) is 0.500. The molecule has 100 valence electrons.